The zero-order valence-corrected chi connectivity index (χ0v) is 9.10. The van der Waals surface area contributed by atoms with Crippen LogP contribution < -0.4 is 5.73 Å². The van der Waals surface area contributed by atoms with Crippen molar-refractivity contribution in [1.82, 2.24) is 0 Å². The van der Waals surface area contributed by atoms with Crippen molar-refractivity contribution in [3.8, 4) is 0 Å². The van der Waals surface area contributed by atoms with Gasteiger partial charge in [-0.05, 0) is 52.8 Å². The maximum atomic E-state index is 5.90. The number of aliphatic imine (C=N–C) groups is 1. The Balaban J connectivity index is 2.39. The fourth-order valence-corrected chi connectivity index (χ4v) is 2.25. The molecule has 1 fully saturated rings. The van der Waals surface area contributed by atoms with Gasteiger partial charge in [0.2, 0.25) is 0 Å². The molecule has 0 radical (unpaired) electrons. The van der Waals surface area contributed by atoms with Gasteiger partial charge in [-0.2, -0.15) is 0 Å². The minimum atomic E-state index is 0.718. The number of hydrogen-bond donors (Lipinski definition) is 1. The fraction of sp³-hybridized carbons (Fsp3) is 0.500. The highest BCUT2D eigenvalue weighted by molar-refractivity contribution is 9.18. The van der Waals surface area contributed by atoms with Crippen molar-refractivity contribution in [2.75, 3.05) is 0 Å². The van der Waals surface area contributed by atoms with E-state index in [9.17, 15) is 0 Å². The first-order valence-corrected chi connectivity index (χ1v) is 5.48. The molecule has 1 saturated carbocycles. The smallest absolute Gasteiger partial charge is 0.127 e. The Labute approximate surface area is 86.7 Å². The third kappa shape index (κ3) is 1.85. The topological polar surface area (TPSA) is 38.4 Å². The first-order chi connectivity index (χ1) is 6.27. The molecule has 0 saturated heterocycles. The van der Waals surface area contributed by atoms with Crippen LogP contribution in [0.2, 0.25) is 0 Å². The molecule has 0 aromatic carbocycles. The standard InChI is InChI=1S/C10H13BrN2/c11-9-6-5-7-3-1-2-4-8(7)10(12)13-9/h5H,1-4,6,12H2. The Morgan fingerprint density at radius 3 is 2.92 bits per heavy atom. The molecule has 2 rings (SSSR count). The molecular formula is C10H13BrN2. The molecule has 0 aromatic rings. The van der Waals surface area contributed by atoms with Crippen LogP contribution in [0.15, 0.2) is 28.0 Å². The van der Waals surface area contributed by atoms with E-state index < -0.39 is 0 Å². The lowest BCUT2D eigenvalue weighted by Gasteiger charge is -2.17. The SMILES string of the molecule is NC1=C2CCCCC2=CCC(Br)=N1. The zero-order valence-electron chi connectivity index (χ0n) is 7.52. The number of hydrogen-bond acceptors (Lipinski definition) is 2. The van der Waals surface area contributed by atoms with Crippen molar-refractivity contribution < 1.29 is 0 Å². The monoisotopic (exact) mass is 240 g/mol. The summed E-state index contributed by atoms with van der Waals surface area (Å²) in [6, 6.07) is 0. The van der Waals surface area contributed by atoms with Gasteiger partial charge in [0.25, 0.3) is 0 Å². The van der Waals surface area contributed by atoms with Crippen LogP contribution in [-0.2, 0) is 0 Å². The number of rotatable bonds is 0. The highest BCUT2D eigenvalue weighted by Crippen LogP contribution is 2.32. The number of nitrogens with two attached hydrogens (primary N) is 1. The van der Waals surface area contributed by atoms with Crippen LogP contribution in [0.4, 0.5) is 0 Å². The van der Waals surface area contributed by atoms with E-state index in [0.717, 1.165) is 23.3 Å². The average Bonchev–Trinajstić information content (AvgIpc) is 2.27. The molecule has 0 aromatic heterocycles. The van der Waals surface area contributed by atoms with E-state index in [0.29, 0.717) is 0 Å². The second kappa shape index (κ2) is 3.66. The third-order valence-electron chi connectivity index (χ3n) is 2.58. The summed E-state index contributed by atoms with van der Waals surface area (Å²) < 4.78 is 0.944. The summed E-state index contributed by atoms with van der Waals surface area (Å²) in [6.45, 7) is 0. The first-order valence-electron chi connectivity index (χ1n) is 4.68. The van der Waals surface area contributed by atoms with Crippen molar-refractivity contribution in [3.63, 3.8) is 0 Å². The Morgan fingerprint density at radius 1 is 1.31 bits per heavy atom. The van der Waals surface area contributed by atoms with Crippen LogP contribution >= 0.6 is 15.9 Å². The Morgan fingerprint density at radius 2 is 2.08 bits per heavy atom. The molecule has 0 amide bonds. The quantitative estimate of drug-likeness (QED) is 0.695. The molecule has 0 unspecified atom stereocenters. The third-order valence-corrected chi connectivity index (χ3v) is 3.08. The highest BCUT2D eigenvalue weighted by atomic mass is 79.9. The number of nitrogens with zero attached hydrogens (tertiary/aromatic N) is 1. The van der Waals surface area contributed by atoms with E-state index in [4.69, 9.17) is 5.73 Å². The van der Waals surface area contributed by atoms with E-state index in [-0.39, 0.29) is 0 Å². The van der Waals surface area contributed by atoms with Crippen molar-refractivity contribution in [2.24, 2.45) is 10.7 Å². The molecule has 13 heavy (non-hydrogen) atoms. The maximum Gasteiger partial charge on any atom is 0.127 e. The molecular weight excluding hydrogens is 228 g/mol. The van der Waals surface area contributed by atoms with Gasteiger partial charge < -0.3 is 5.73 Å². The van der Waals surface area contributed by atoms with Crippen LogP contribution in [0.5, 0.6) is 0 Å². The normalized spacial score (nSPS) is 23.2. The fourth-order valence-electron chi connectivity index (χ4n) is 1.90. The number of fused-ring (bicyclic) bond motifs is 1. The summed E-state index contributed by atoms with van der Waals surface area (Å²) in [5.41, 5.74) is 8.60. The predicted octanol–water partition coefficient (Wildman–Crippen LogP) is 2.85. The predicted molar refractivity (Wildman–Crippen MR) is 58.7 cm³/mol. The van der Waals surface area contributed by atoms with Gasteiger partial charge in [-0.15, -0.1) is 0 Å². The molecule has 1 heterocycles. The van der Waals surface area contributed by atoms with Gasteiger partial charge in [0, 0.05) is 6.42 Å². The lowest BCUT2D eigenvalue weighted by Crippen LogP contribution is -2.06. The van der Waals surface area contributed by atoms with E-state index >= 15 is 0 Å². The summed E-state index contributed by atoms with van der Waals surface area (Å²) in [4.78, 5) is 4.30. The summed E-state index contributed by atoms with van der Waals surface area (Å²) in [6.07, 6.45) is 7.95. The molecule has 2 aliphatic rings. The van der Waals surface area contributed by atoms with Gasteiger partial charge in [-0.1, -0.05) is 6.08 Å². The Kier molecular flexibility index (Phi) is 2.54. The average molecular weight is 241 g/mol. The van der Waals surface area contributed by atoms with Crippen molar-refractivity contribution >= 4 is 20.6 Å². The first kappa shape index (κ1) is 9.00. The lowest BCUT2D eigenvalue weighted by atomic mass is 9.89. The summed E-state index contributed by atoms with van der Waals surface area (Å²) >= 11 is 3.40. The molecule has 3 heteroatoms. The van der Waals surface area contributed by atoms with Crippen LogP contribution in [0, 0.1) is 0 Å². The Hall–Kier alpha value is -0.570. The molecule has 1 aliphatic heterocycles. The van der Waals surface area contributed by atoms with E-state index in [1.54, 1.807) is 0 Å². The van der Waals surface area contributed by atoms with Gasteiger partial charge in [0.05, 0.1) is 4.62 Å². The zero-order chi connectivity index (χ0) is 9.26. The van der Waals surface area contributed by atoms with Crippen LogP contribution in [0.25, 0.3) is 0 Å². The second-order valence-electron chi connectivity index (χ2n) is 3.49. The molecule has 0 bridgehead atoms. The molecule has 2 N–H and O–H groups in total. The van der Waals surface area contributed by atoms with Gasteiger partial charge >= 0.3 is 0 Å². The van der Waals surface area contributed by atoms with Crippen LogP contribution in [0.1, 0.15) is 32.1 Å². The largest absolute Gasteiger partial charge is 0.383 e. The maximum absolute atomic E-state index is 5.90. The van der Waals surface area contributed by atoms with Gasteiger partial charge in [0.1, 0.15) is 5.82 Å². The summed E-state index contributed by atoms with van der Waals surface area (Å²) in [5.74, 6) is 0.718. The van der Waals surface area contributed by atoms with Crippen molar-refractivity contribution in [2.45, 2.75) is 32.1 Å². The lowest BCUT2D eigenvalue weighted by molar-refractivity contribution is 0.671. The minimum Gasteiger partial charge on any atom is -0.383 e. The summed E-state index contributed by atoms with van der Waals surface area (Å²) in [5, 5.41) is 0. The molecule has 2 nitrogen and oxygen atoms in total. The van der Waals surface area contributed by atoms with Crippen molar-refractivity contribution in [3.05, 3.63) is 23.0 Å². The van der Waals surface area contributed by atoms with Crippen LogP contribution in [-0.4, -0.2) is 4.62 Å². The van der Waals surface area contributed by atoms with E-state index in [1.165, 1.54) is 30.4 Å². The summed E-state index contributed by atoms with van der Waals surface area (Å²) in [7, 11) is 0. The molecule has 0 atom stereocenters. The molecule has 0 spiro atoms. The second-order valence-corrected chi connectivity index (χ2v) is 4.41. The van der Waals surface area contributed by atoms with Gasteiger partial charge in [0.15, 0.2) is 0 Å². The number of halogens is 1. The van der Waals surface area contributed by atoms with Crippen LogP contribution in [0.3, 0.4) is 0 Å². The molecule has 70 valence electrons. The van der Waals surface area contributed by atoms with Gasteiger partial charge in [-0.3, -0.25) is 0 Å². The van der Waals surface area contributed by atoms with E-state index in [1.807, 2.05) is 0 Å². The van der Waals surface area contributed by atoms with Gasteiger partial charge in [-0.25, -0.2) is 4.99 Å². The molecule has 1 aliphatic carbocycles. The van der Waals surface area contributed by atoms with Crippen molar-refractivity contribution in [1.29, 1.82) is 0 Å². The van der Waals surface area contributed by atoms with E-state index in [2.05, 4.69) is 27.0 Å². The minimum absolute atomic E-state index is 0.718. The Bertz CT molecular complexity index is 313. The highest BCUT2D eigenvalue weighted by Gasteiger charge is 2.16. The number of allylic oxidation sites excluding steroid dienone is 3.